The molecule has 0 aromatic heterocycles. The smallest absolute Gasteiger partial charge is 0.303 e. The number of ether oxygens (including phenoxy) is 1. The average Bonchev–Trinajstić information content (AvgIpc) is 2.34. The summed E-state index contributed by atoms with van der Waals surface area (Å²) in [4.78, 5) is 25.8. The molecular weight excluding hydrogens is 268 g/mol. The number of rotatable bonds is 7. The Kier molecular flexibility index (Phi) is 9.26. The van der Waals surface area contributed by atoms with E-state index in [1.807, 2.05) is 0 Å². The van der Waals surface area contributed by atoms with Crippen molar-refractivity contribution in [1.82, 2.24) is 10.6 Å². The lowest BCUT2D eigenvalue weighted by Gasteiger charge is -2.13. The van der Waals surface area contributed by atoms with Gasteiger partial charge in [0.2, 0.25) is 5.96 Å². The number of guanidine groups is 1. The minimum absolute atomic E-state index is 0.169. The molecule has 0 spiro atoms. The maximum absolute atomic E-state index is 11.2. The van der Waals surface area contributed by atoms with E-state index in [2.05, 4.69) is 15.6 Å². The van der Waals surface area contributed by atoms with Crippen LogP contribution in [0, 0.1) is 11.5 Å². The van der Waals surface area contributed by atoms with Gasteiger partial charge in [-0.1, -0.05) is 0 Å². The Morgan fingerprint density at radius 1 is 1.47 bits per heavy atom. The lowest BCUT2D eigenvalue weighted by molar-refractivity contribution is -0.150. The Bertz CT molecular complexity index is 379. The molecule has 0 bridgehead atoms. The second kappa shape index (κ2) is 10.2. The second-order valence-corrected chi connectivity index (χ2v) is 4.67. The first-order valence-corrected chi connectivity index (χ1v) is 6.78. The van der Waals surface area contributed by atoms with Gasteiger partial charge in [0.1, 0.15) is 0 Å². The molecule has 19 heavy (non-hydrogen) atoms. The van der Waals surface area contributed by atoms with Crippen LogP contribution in [0.3, 0.4) is 0 Å². The predicted octanol–water partition coefficient (Wildman–Crippen LogP) is -0.114. The van der Waals surface area contributed by atoms with Crippen LogP contribution in [-0.2, 0) is 14.3 Å². The highest BCUT2D eigenvalue weighted by Gasteiger charge is 2.16. The summed E-state index contributed by atoms with van der Waals surface area (Å²) in [6.07, 6.45) is 1.07. The predicted molar refractivity (Wildman–Crippen MR) is 73.7 cm³/mol. The lowest BCUT2D eigenvalue weighted by Crippen LogP contribution is -2.36. The molecule has 7 nitrogen and oxygen atoms in total. The fraction of sp³-hybridized carbons (Fsp3) is 0.636. The Morgan fingerprint density at radius 2 is 2.16 bits per heavy atom. The fourth-order valence-electron chi connectivity index (χ4n) is 1.10. The van der Waals surface area contributed by atoms with E-state index < -0.39 is 12.1 Å². The van der Waals surface area contributed by atoms with Crippen molar-refractivity contribution in [3.05, 3.63) is 0 Å². The standard InChI is InChI=1S/C11H18N4O3S/c1-8(16)10(18-9(2)17)6-19-5-4-14-11(13-3)15-7-12/h10H,4-6H2,1-3H3,(H2,13,14,15). The van der Waals surface area contributed by atoms with Crippen LogP contribution in [0.2, 0.25) is 0 Å². The van der Waals surface area contributed by atoms with Gasteiger partial charge in [0, 0.05) is 32.0 Å². The number of nitriles is 1. The summed E-state index contributed by atoms with van der Waals surface area (Å²) in [5, 5.41) is 13.7. The van der Waals surface area contributed by atoms with Crippen molar-refractivity contribution in [2.75, 3.05) is 25.1 Å². The second-order valence-electron chi connectivity index (χ2n) is 3.52. The molecule has 0 aliphatic rings. The quantitative estimate of drug-likeness (QED) is 0.168. The summed E-state index contributed by atoms with van der Waals surface area (Å²) in [5.41, 5.74) is 0. The molecule has 2 N–H and O–H groups in total. The maximum Gasteiger partial charge on any atom is 0.303 e. The van der Waals surface area contributed by atoms with Crippen LogP contribution in [0.15, 0.2) is 4.99 Å². The molecule has 0 saturated carbocycles. The Balaban J connectivity index is 3.86. The minimum atomic E-state index is -0.695. The summed E-state index contributed by atoms with van der Waals surface area (Å²) in [7, 11) is 1.56. The molecule has 1 unspecified atom stereocenters. The lowest BCUT2D eigenvalue weighted by atomic mass is 10.3. The third kappa shape index (κ3) is 8.90. The number of nitrogens with one attached hydrogen (secondary N) is 2. The molecule has 0 saturated heterocycles. The summed E-state index contributed by atoms with van der Waals surface area (Å²) in [5.74, 6) is 0.874. The van der Waals surface area contributed by atoms with Gasteiger partial charge in [0.25, 0.3) is 0 Å². The van der Waals surface area contributed by atoms with Gasteiger partial charge in [-0.15, -0.1) is 0 Å². The third-order valence-corrected chi connectivity index (χ3v) is 3.00. The number of carbonyl (C=O) groups excluding carboxylic acids is 2. The molecule has 106 valence electrons. The van der Waals surface area contributed by atoms with E-state index in [4.69, 9.17) is 10.00 Å². The van der Waals surface area contributed by atoms with Crippen LogP contribution < -0.4 is 10.6 Å². The molecule has 0 amide bonds. The zero-order chi connectivity index (χ0) is 14.7. The molecule has 0 radical (unpaired) electrons. The van der Waals surface area contributed by atoms with Crippen LogP contribution in [0.1, 0.15) is 13.8 Å². The Hall–Kier alpha value is -1.75. The topological polar surface area (TPSA) is 104 Å². The molecule has 0 fully saturated rings. The number of hydrogen-bond acceptors (Lipinski definition) is 6. The van der Waals surface area contributed by atoms with Crippen molar-refractivity contribution < 1.29 is 14.3 Å². The first-order chi connectivity index (χ1) is 9.01. The summed E-state index contributed by atoms with van der Waals surface area (Å²) >= 11 is 1.48. The van der Waals surface area contributed by atoms with Gasteiger partial charge in [0.05, 0.1) is 0 Å². The first kappa shape index (κ1) is 17.2. The van der Waals surface area contributed by atoms with E-state index in [0.29, 0.717) is 24.0 Å². The Morgan fingerprint density at radius 3 is 2.63 bits per heavy atom. The van der Waals surface area contributed by atoms with Crippen LogP contribution >= 0.6 is 11.8 Å². The first-order valence-electron chi connectivity index (χ1n) is 5.62. The van der Waals surface area contributed by atoms with Gasteiger partial charge in [0.15, 0.2) is 18.1 Å². The zero-order valence-corrected chi connectivity index (χ0v) is 12.0. The van der Waals surface area contributed by atoms with Gasteiger partial charge >= 0.3 is 5.97 Å². The van der Waals surface area contributed by atoms with Crippen molar-refractivity contribution in [3.8, 4) is 6.19 Å². The monoisotopic (exact) mass is 286 g/mol. The number of ketones is 1. The van der Waals surface area contributed by atoms with Crippen LogP contribution in [0.25, 0.3) is 0 Å². The fourth-order valence-corrected chi connectivity index (χ4v) is 2.03. The number of hydrogen-bond donors (Lipinski definition) is 2. The van der Waals surface area contributed by atoms with E-state index in [1.165, 1.54) is 25.6 Å². The maximum atomic E-state index is 11.2. The molecule has 0 heterocycles. The molecule has 8 heteroatoms. The molecular formula is C11H18N4O3S. The van der Waals surface area contributed by atoms with Gasteiger partial charge in [-0.3, -0.25) is 19.9 Å². The highest BCUT2D eigenvalue weighted by molar-refractivity contribution is 7.99. The van der Waals surface area contributed by atoms with Crippen molar-refractivity contribution >= 4 is 29.5 Å². The van der Waals surface area contributed by atoms with Gasteiger partial charge in [-0.2, -0.15) is 17.0 Å². The number of nitrogens with zero attached hydrogens (tertiary/aromatic N) is 2. The van der Waals surface area contributed by atoms with Gasteiger partial charge < -0.3 is 10.1 Å². The van der Waals surface area contributed by atoms with Crippen LogP contribution in [0.4, 0.5) is 0 Å². The molecule has 0 rings (SSSR count). The number of thioether (sulfide) groups is 1. The molecule has 1 atom stereocenters. The third-order valence-electron chi connectivity index (χ3n) is 1.97. The van der Waals surface area contributed by atoms with Gasteiger partial charge in [-0.25, -0.2) is 0 Å². The van der Waals surface area contributed by atoms with E-state index in [9.17, 15) is 9.59 Å². The van der Waals surface area contributed by atoms with E-state index in [0.717, 1.165) is 0 Å². The number of esters is 1. The van der Waals surface area contributed by atoms with E-state index in [-0.39, 0.29) is 5.78 Å². The molecule has 0 aromatic rings. The Labute approximate surface area is 116 Å². The van der Waals surface area contributed by atoms with Crippen molar-refractivity contribution in [1.29, 1.82) is 5.26 Å². The molecule has 0 aliphatic carbocycles. The van der Waals surface area contributed by atoms with E-state index in [1.54, 1.807) is 13.2 Å². The summed E-state index contributed by atoms with van der Waals surface area (Å²) < 4.78 is 4.89. The largest absolute Gasteiger partial charge is 0.454 e. The molecule has 0 aliphatic heterocycles. The van der Waals surface area contributed by atoms with Crippen molar-refractivity contribution in [3.63, 3.8) is 0 Å². The SMILES string of the molecule is CN=C(NC#N)NCCSCC(OC(C)=O)C(C)=O. The number of carbonyl (C=O) groups is 2. The average molecular weight is 286 g/mol. The highest BCUT2D eigenvalue weighted by Crippen LogP contribution is 2.06. The summed E-state index contributed by atoms with van der Waals surface area (Å²) in [6.45, 7) is 3.25. The zero-order valence-electron chi connectivity index (χ0n) is 11.2. The molecule has 0 aromatic carbocycles. The van der Waals surface area contributed by atoms with Crippen molar-refractivity contribution in [2.24, 2.45) is 4.99 Å². The minimum Gasteiger partial charge on any atom is -0.454 e. The van der Waals surface area contributed by atoms with Crippen LogP contribution in [0.5, 0.6) is 0 Å². The van der Waals surface area contributed by atoms with E-state index >= 15 is 0 Å². The van der Waals surface area contributed by atoms with Gasteiger partial charge in [-0.05, 0) is 6.92 Å². The normalized spacial score (nSPS) is 12.2. The highest BCUT2D eigenvalue weighted by atomic mass is 32.2. The number of Topliss-reactive ketones (excluding diaryl/α,β-unsaturated/α-hetero) is 1. The number of aliphatic imine (C=N–C) groups is 1. The van der Waals surface area contributed by atoms with Crippen molar-refractivity contribution in [2.45, 2.75) is 20.0 Å². The summed E-state index contributed by atoms with van der Waals surface area (Å²) in [6, 6.07) is 0. The van der Waals surface area contributed by atoms with Crippen LogP contribution in [-0.4, -0.2) is 48.9 Å².